The van der Waals surface area contributed by atoms with Gasteiger partial charge in [0.2, 0.25) is 11.8 Å². The first-order valence-electron chi connectivity index (χ1n) is 9.95. The molecular weight excluding hydrogens is 382 g/mol. The van der Waals surface area contributed by atoms with Gasteiger partial charge in [0.05, 0.1) is 18.1 Å². The molecule has 0 aliphatic carbocycles. The highest BCUT2D eigenvalue weighted by Crippen LogP contribution is 2.52. The van der Waals surface area contributed by atoms with E-state index in [2.05, 4.69) is 10.6 Å². The molecule has 28 heavy (non-hydrogen) atoms. The van der Waals surface area contributed by atoms with E-state index >= 15 is 0 Å². The minimum Gasteiger partial charge on any atom is -0.477 e. The average Bonchev–Trinajstić information content (AvgIpc) is 3.18. The Morgan fingerprint density at radius 3 is 2.75 bits per heavy atom. The molecule has 0 spiro atoms. The van der Waals surface area contributed by atoms with Crippen molar-refractivity contribution in [3.63, 3.8) is 0 Å². The second kappa shape index (κ2) is 7.35. The predicted molar refractivity (Wildman–Crippen MR) is 103 cm³/mol. The van der Waals surface area contributed by atoms with E-state index in [0.717, 1.165) is 24.3 Å². The van der Waals surface area contributed by atoms with E-state index in [4.69, 9.17) is 0 Å². The Bertz CT molecular complexity index is 739. The molecule has 4 heterocycles. The highest BCUT2D eigenvalue weighted by Gasteiger charge is 2.60. The van der Waals surface area contributed by atoms with Crippen LogP contribution in [0.2, 0.25) is 0 Å². The number of thioether (sulfide) groups is 1. The van der Waals surface area contributed by atoms with Crippen LogP contribution in [0.4, 0.5) is 0 Å². The highest BCUT2D eigenvalue weighted by molar-refractivity contribution is 8.03. The zero-order valence-electron chi connectivity index (χ0n) is 16.1. The van der Waals surface area contributed by atoms with E-state index in [0.29, 0.717) is 18.9 Å². The van der Waals surface area contributed by atoms with E-state index in [1.54, 1.807) is 18.7 Å². The van der Waals surface area contributed by atoms with Crippen molar-refractivity contribution in [3.05, 3.63) is 10.6 Å². The van der Waals surface area contributed by atoms with Gasteiger partial charge in [-0.3, -0.25) is 9.59 Å². The van der Waals surface area contributed by atoms with Crippen LogP contribution in [0.3, 0.4) is 0 Å². The number of aliphatic carboxylic acids is 1. The molecule has 9 heteroatoms. The summed E-state index contributed by atoms with van der Waals surface area (Å²) in [5.74, 6) is -1.60. The number of nitrogens with one attached hydrogen (secondary N) is 2. The molecule has 4 rings (SSSR count). The number of carboxylic acid groups (broad SMARTS) is 1. The number of carbonyl (C=O) groups is 3. The van der Waals surface area contributed by atoms with Crippen LogP contribution in [0.15, 0.2) is 10.6 Å². The Balaban J connectivity index is 1.47. The molecule has 0 radical (unpaired) electrons. The fourth-order valence-electron chi connectivity index (χ4n) is 5.19. The van der Waals surface area contributed by atoms with Gasteiger partial charge >= 0.3 is 5.97 Å². The summed E-state index contributed by atoms with van der Waals surface area (Å²) in [5.41, 5.74) is 0.0879. The van der Waals surface area contributed by atoms with Crippen LogP contribution in [-0.2, 0) is 14.4 Å². The van der Waals surface area contributed by atoms with Crippen LogP contribution in [0.5, 0.6) is 0 Å². The zero-order valence-corrected chi connectivity index (χ0v) is 16.9. The number of aliphatic hydroxyl groups excluding tert-OH is 1. The summed E-state index contributed by atoms with van der Waals surface area (Å²) in [4.78, 5) is 38.1. The normalized spacial score (nSPS) is 38.9. The summed E-state index contributed by atoms with van der Waals surface area (Å²) in [7, 11) is 0. The molecule has 0 saturated carbocycles. The van der Waals surface area contributed by atoms with Crippen molar-refractivity contribution in [2.75, 3.05) is 13.1 Å². The fourth-order valence-corrected chi connectivity index (χ4v) is 6.69. The van der Waals surface area contributed by atoms with Crippen LogP contribution in [0.1, 0.15) is 33.1 Å². The molecule has 3 fully saturated rings. The standard InChI is InChI=1S/C19H27N3O5S/c1-8-15-14(9(2)23)18(25)22(15)16(19(26)27)17(8)28-11-6-12(21-7-11)10-3-4-20-13(24)5-10/h8-12,14-15,21,23H,3-7H2,1-2H3,(H,20,24)(H,26,27)/t8-,9-,10+,11+,12+,14-,15-/m1/s1. The topological polar surface area (TPSA) is 119 Å². The van der Waals surface area contributed by atoms with Crippen molar-refractivity contribution in [2.45, 2.75) is 56.5 Å². The fraction of sp³-hybridized carbons (Fsp3) is 0.737. The van der Waals surface area contributed by atoms with Crippen LogP contribution in [-0.4, -0.2) is 69.4 Å². The lowest BCUT2D eigenvalue weighted by Gasteiger charge is -2.46. The number of carbonyl (C=O) groups excluding carboxylic acids is 2. The number of carboxylic acids is 1. The molecule has 0 aromatic heterocycles. The average molecular weight is 410 g/mol. The van der Waals surface area contributed by atoms with Gasteiger partial charge in [-0.15, -0.1) is 11.8 Å². The number of rotatable bonds is 5. The smallest absolute Gasteiger partial charge is 0.353 e. The Kier molecular flexibility index (Phi) is 5.18. The summed E-state index contributed by atoms with van der Waals surface area (Å²) in [5, 5.41) is 26.3. The predicted octanol–water partition coefficient (Wildman–Crippen LogP) is 0.130. The van der Waals surface area contributed by atoms with Crippen LogP contribution < -0.4 is 10.6 Å². The molecule has 8 nitrogen and oxygen atoms in total. The molecule has 0 aromatic rings. The zero-order chi connectivity index (χ0) is 20.2. The van der Waals surface area contributed by atoms with Crippen LogP contribution in [0.25, 0.3) is 0 Å². The second-order valence-corrected chi connectivity index (χ2v) is 9.71. The Morgan fingerprint density at radius 2 is 2.11 bits per heavy atom. The van der Waals surface area contributed by atoms with Crippen molar-refractivity contribution >= 4 is 29.5 Å². The molecule has 7 atom stereocenters. The van der Waals surface area contributed by atoms with Crippen molar-refractivity contribution in [3.8, 4) is 0 Å². The number of piperidine rings is 1. The molecule has 4 aliphatic heterocycles. The van der Waals surface area contributed by atoms with Gasteiger partial charge in [-0.25, -0.2) is 4.79 Å². The molecular formula is C19H27N3O5S. The van der Waals surface area contributed by atoms with Gasteiger partial charge in [-0.2, -0.15) is 0 Å². The Labute approximate surface area is 168 Å². The van der Waals surface area contributed by atoms with E-state index in [1.807, 2.05) is 6.92 Å². The minimum atomic E-state index is -1.08. The van der Waals surface area contributed by atoms with Gasteiger partial charge in [0, 0.05) is 41.6 Å². The number of aliphatic hydroxyl groups is 1. The van der Waals surface area contributed by atoms with Gasteiger partial charge in [0.25, 0.3) is 0 Å². The third-order valence-electron chi connectivity index (χ3n) is 6.58. The number of hydrogen-bond acceptors (Lipinski definition) is 6. The molecule has 0 bridgehead atoms. The van der Waals surface area contributed by atoms with Crippen molar-refractivity contribution in [1.82, 2.24) is 15.5 Å². The highest BCUT2D eigenvalue weighted by atomic mass is 32.2. The first-order valence-corrected chi connectivity index (χ1v) is 10.8. The molecule has 0 unspecified atom stereocenters. The summed E-state index contributed by atoms with van der Waals surface area (Å²) < 4.78 is 0. The SMILES string of the molecule is C[C@@H](O)[C@H]1C(=O)N2C(C(=O)O)=C(S[C@@H]3CN[C@H]([C@H]4CCNC(=O)C4)C3)[C@H](C)[C@H]12. The van der Waals surface area contributed by atoms with E-state index in [9.17, 15) is 24.6 Å². The maximum atomic E-state index is 12.4. The second-order valence-electron chi connectivity index (χ2n) is 8.37. The number of fused-ring (bicyclic) bond motifs is 1. The first-order chi connectivity index (χ1) is 13.3. The summed E-state index contributed by atoms with van der Waals surface area (Å²) in [6.07, 6.45) is 1.59. The lowest BCUT2D eigenvalue weighted by Crippen LogP contribution is -2.63. The summed E-state index contributed by atoms with van der Waals surface area (Å²) in [6, 6.07) is -0.00805. The van der Waals surface area contributed by atoms with E-state index < -0.39 is 18.0 Å². The summed E-state index contributed by atoms with van der Waals surface area (Å²) >= 11 is 1.55. The first kappa shape index (κ1) is 19.7. The molecule has 3 saturated heterocycles. The lowest BCUT2D eigenvalue weighted by molar-refractivity contribution is -0.163. The lowest BCUT2D eigenvalue weighted by atomic mass is 9.79. The number of amides is 2. The van der Waals surface area contributed by atoms with Gasteiger partial charge in [0.15, 0.2) is 0 Å². The molecule has 2 amide bonds. The number of hydrogen-bond donors (Lipinski definition) is 4. The van der Waals surface area contributed by atoms with Gasteiger partial charge in [-0.05, 0) is 25.7 Å². The van der Waals surface area contributed by atoms with Crippen molar-refractivity contribution in [1.29, 1.82) is 0 Å². The minimum absolute atomic E-state index is 0.0879. The maximum Gasteiger partial charge on any atom is 0.353 e. The molecule has 4 aliphatic rings. The van der Waals surface area contributed by atoms with Crippen molar-refractivity contribution < 1.29 is 24.6 Å². The number of nitrogens with zero attached hydrogens (tertiary/aromatic N) is 1. The van der Waals surface area contributed by atoms with Crippen molar-refractivity contribution in [2.24, 2.45) is 17.8 Å². The quantitative estimate of drug-likeness (QED) is 0.477. The Hall–Kier alpha value is -1.58. The molecule has 4 N–H and O–H groups in total. The van der Waals surface area contributed by atoms with Gasteiger partial charge in [0.1, 0.15) is 5.70 Å². The summed E-state index contributed by atoms with van der Waals surface area (Å²) in [6.45, 7) is 5.01. The van der Waals surface area contributed by atoms with Gasteiger partial charge in [-0.1, -0.05) is 6.92 Å². The molecule has 0 aromatic carbocycles. The molecule has 154 valence electrons. The maximum absolute atomic E-state index is 12.4. The van der Waals surface area contributed by atoms with Gasteiger partial charge < -0.3 is 25.7 Å². The third kappa shape index (κ3) is 3.13. The largest absolute Gasteiger partial charge is 0.477 e. The Morgan fingerprint density at radius 1 is 1.36 bits per heavy atom. The van der Waals surface area contributed by atoms with E-state index in [-0.39, 0.29) is 40.8 Å². The van der Waals surface area contributed by atoms with Crippen LogP contribution >= 0.6 is 11.8 Å². The van der Waals surface area contributed by atoms with E-state index in [1.165, 1.54) is 4.90 Å². The monoisotopic (exact) mass is 409 g/mol. The van der Waals surface area contributed by atoms with Crippen LogP contribution in [0, 0.1) is 17.8 Å². The third-order valence-corrected chi connectivity index (χ3v) is 8.09. The number of β-lactam (4-membered cyclic amide) rings is 1.